The molecule has 0 saturated heterocycles. The zero-order valence-corrected chi connectivity index (χ0v) is 14.3. The lowest BCUT2D eigenvalue weighted by Crippen LogP contribution is -2.15. The number of carbonyl (C=O) groups excluding carboxylic acids is 1. The van der Waals surface area contributed by atoms with Crippen molar-refractivity contribution in [3.63, 3.8) is 0 Å². The van der Waals surface area contributed by atoms with Crippen LogP contribution in [0.3, 0.4) is 0 Å². The van der Waals surface area contributed by atoms with Gasteiger partial charge < -0.3 is 10.1 Å². The first kappa shape index (κ1) is 17.8. The summed E-state index contributed by atoms with van der Waals surface area (Å²) >= 11 is 1.39. The quantitative estimate of drug-likeness (QED) is 0.465. The average Bonchev–Trinajstić information content (AvgIpc) is 2.56. The van der Waals surface area contributed by atoms with Crippen molar-refractivity contribution in [1.29, 1.82) is 0 Å². The largest absolute Gasteiger partial charge is 0.494 e. The molecule has 6 nitrogen and oxygen atoms in total. The molecule has 24 heavy (non-hydrogen) atoms. The SMILES string of the molecule is CCOc1ccc(SCC(=O)Nc2cccc([N+](=O)[O-])c2C)cc1. The highest BCUT2D eigenvalue weighted by atomic mass is 32.2. The fraction of sp³-hybridized carbons (Fsp3) is 0.235. The van der Waals surface area contributed by atoms with Gasteiger partial charge in [0.25, 0.3) is 5.69 Å². The predicted octanol–water partition coefficient (Wildman–Crippen LogP) is 4.03. The van der Waals surface area contributed by atoms with E-state index in [1.807, 2.05) is 31.2 Å². The van der Waals surface area contributed by atoms with Crippen LogP contribution in [0.2, 0.25) is 0 Å². The van der Waals surface area contributed by atoms with Gasteiger partial charge in [-0.25, -0.2) is 0 Å². The summed E-state index contributed by atoms with van der Waals surface area (Å²) in [5, 5.41) is 13.6. The summed E-state index contributed by atoms with van der Waals surface area (Å²) in [6.45, 7) is 4.15. The number of nitro benzene ring substituents is 1. The van der Waals surface area contributed by atoms with Gasteiger partial charge in [0, 0.05) is 11.0 Å². The smallest absolute Gasteiger partial charge is 0.274 e. The zero-order valence-electron chi connectivity index (χ0n) is 13.4. The summed E-state index contributed by atoms with van der Waals surface area (Å²) in [6.07, 6.45) is 0. The number of amides is 1. The minimum absolute atomic E-state index is 0.00744. The molecule has 0 aromatic heterocycles. The lowest BCUT2D eigenvalue weighted by molar-refractivity contribution is -0.385. The van der Waals surface area contributed by atoms with Gasteiger partial charge in [0.2, 0.25) is 5.91 Å². The molecule has 126 valence electrons. The summed E-state index contributed by atoms with van der Waals surface area (Å²) in [5.41, 5.74) is 0.898. The summed E-state index contributed by atoms with van der Waals surface area (Å²) in [7, 11) is 0. The molecule has 0 aliphatic heterocycles. The standard InChI is InChI=1S/C17H18N2O4S/c1-3-23-13-7-9-14(10-8-13)24-11-17(20)18-15-5-4-6-16(12(15)2)19(21)22/h4-10H,3,11H2,1-2H3,(H,18,20). The Balaban J connectivity index is 1.94. The Bertz CT molecular complexity index is 732. The van der Waals surface area contributed by atoms with Crippen molar-refractivity contribution in [3.8, 4) is 5.75 Å². The van der Waals surface area contributed by atoms with Gasteiger partial charge in [-0.1, -0.05) is 6.07 Å². The lowest BCUT2D eigenvalue weighted by Gasteiger charge is -2.09. The maximum atomic E-state index is 12.1. The van der Waals surface area contributed by atoms with Crippen LogP contribution in [0.25, 0.3) is 0 Å². The number of hydrogen-bond acceptors (Lipinski definition) is 5. The van der Waals surface area contributed by atoms with E-state index in [1.165, 1.54) is 17.8 Å². The van der Waals surface area contributed by atoms with E-state index in [4.69, 9.17) is 4.74 Å². The highest BCUT2D eigenvalue weighted by Gasteiger charge is 2.14. The Morgan fingerprint density at radius 1 is 1.25 bits per heavy atom. The van der Waals surface area contributed by atoms with Crippen molar-refractivity contribution in [2.45, 2.75) is 18.7 Å². The van der Waals surface area contributed by atoms with Crippen LogP contribution in [-0.2, 0) is 4.79 Å². The van der Waals surface area contributed by atoms with Gasteiger partial charge in [0.15, 0.2) is 0 Å². The maximum absolute atomic E-state index is 12.1. The average molecular weight is 346 g/mol. The van der Waals surface area contributed by atoms with Gasteiger partial charge >= 0.3 is 0 Å². The fourth-order valence-electron chi connectivity index (χ4n) is 2.09. The molecule has 0 heterocycles. The molecule has 0 spiro atoms. The van der Waals surface area contributed by atoms with Crippen molar-refractivity contribution in [2.75, 3.05) is 17.7 Å². The van der Waals surface area contributed by atoms with Gasteiger partial charge in [-0.05, 0) is 44.2 Å². The second-order valence-corrected chi connectivity index (χ2v) is 6.00. The molecule has 0 atom stereocenters. The van der Waals surface area contributed by atoms with Gasteiger partial charge in [0.1, 0.15) is 5.75 Å². The van der Waals surface area contributed by atoms with Crippen LogP contribution in [0.5, 0.6) is 5.75 Å². The molecule has 2 aromatic rings. The van der Waals surface area contributed by atoms with E-state index in [1.54, 1.807) is 19.1 Å². The van der Waals surface area contributed by atoms with Crippen LogP contribution in [0, 0.1) is 17.0 Å². The number of benzene rings is 2. The molecule has 1 N–H and O–H groups in total. The predicted molar refractivity (Wildman–Crippen MR) is 94.8 cm³/mol. The Morgan fingerprint density at radius 3 is 2.58 bits per heavy atom. The Kier molecular flexibility index (Phi) is 6.20. The molecule has 0 unspecified atom stereocenters. The van der Waals surface area contributed by atoms with Gasteiger partial charge in [-0.3, -0.25) is 14.9 Å². The lowest BCUT2D eigenvalue weighted by atomic mass is 10.1. The number of hydrogen-bond donors (Lipinski definition) is 1. The zero-order chi connectivity index (χ0) is 17.5. The topological polar surface area (TPSA) is 81.5 Å². The third kappa shape index (κ3) is 4.73. The minimum Gasteiger partial charge on any atom is -0.494 e. The summed E-state index contributed by atoms with van der Waals surface area (Å²) in [4.78, 5) is 23.5. The maximum Gasteiger partial charge on any atom is 0.274 e. The second-order valence-electron chi connectivity index (χ2n) is 4.95. The number of nitrogens with zero attached hydrogens (tertiary/aromatic N) is 1. The van der Waals surface area contributed by atoms with Crippen LogP contribution < -0.4 is 10.1 Å². The highest BCUT2D eigenvalue weighted by Crippen LogP contribution is 2.26. The molecule has 0 fully saturated rings. The molecule has 7 heteroatoms. The van der Waals surface area contributed by atoms with Crippen LogP contribution in [0.1, 0.15) is 12.5 Å². The number of carbonyl (C=O) groups is 1. The van der Waals surface area contributed by atoms with E-state index in [9.17, 15) is 14.9 Å². The van der Waals surface area contributed by atoms with Gasteiger partial charge in [-0.2, -0.15) is 0 Å². The summed E-state index contributed by atoms with van der Waals surface area (Å²) in [6, 6.07) is 12.1. The van der Waals surface area contributed by atoms with Crippen LogP contribution in [0.4, 0.5) is 11.4 Å². The summed E-state index contributed by atoms with van der Waals surface area (Å²) in [5.74, 6) is 0.798. The molecule has 1 amide bonds. The van der Waals surface area contributed by atoms with Gasteiger partial charge in [-0.15, -0.1) is 11.8 Å². The van der Waals surface area contributed by atoms with E-state index in [2.05, 4.69) is 5.32 Å². The van der Waals surface area contributed by atoms with Gasteiger partial charge in [0.05, 0.1) is 28.5 Å². The molecular formula is C17H18N2O4S. The van der Waals surface area contributed by atoms with Crippen LogP contribution >= 0.6 is 11.8 Å². The molecule has 0 saturated carbocycles. The van der Waals surface area contributed by atoms with Crippen molar-refractivity contribution >= 4 is 29.0 Å². The molecular weight excluding hydrogens is 328 g/mol. The third-order valence-electron chi connectivity index (χ3n) is 3.28. The second kappa shape index (κ2) is 8.35. The number of rotatable bonds is 7. The molecule has 0 aliphatic carbocycles. The number of nitro groups is 1. The van der Waals surface area contributed by atoms with Crippen LogP contribution in [0.15, 0.2) is 47.4 Å². The highest BCUT2D eigenvalue weighted by molar-refractivity contribution is 8.00. The Labute approximate surface area is 144 Å². The summed E-state index contributed by atoms with van der Waals surface area (Å²) < 4.78 is 5.37. The normalized spacial score (nSPS) is 10.2. The van der Waals surface area contributed by atoms with Crippen molar-refractivity contribution in [1.82, 2.24) is 0 Å². The first-order chi connectivity index (χ1) is 11.5. The van der Waals surface area contributed by atoms with E-state index in [-0.39, 0.29) is 17.3 Å². The van der Waals surface area contributed by atoms with Crippen LogP contribution in [-0.4, -0.2) is 23.2 Å². The first-order valence-corrected chi connectivity index (χ1v) is 8.39. The van der Waals surface area contributed by atoms with E-state index in [0.29, 0.717) is 17.9 Å². The monoisotopic (exact) mass is 346 g/mol. The van der Waals surface area contributed by atoms with Crippen molar-refractivity contribution in [2.24, 2.45) is 0 Å². The number of ether oxygens (including phenoxy) is 1. The van der Waals surface area contributed by atoms with Crippen molar-refractivity contribution in [3.05, 3.63) is 58.1 Å². The fourth-order valence-corrected chi connectivity index (χ4v) is 2.79. The number of nitrogens with one attached hydrogen (secondary N) is 1. The number of anilines is 1. The van der Waals surface area contributed by atoms with E-state index in [0.717, 1.165) is 10.6 Å². The van der Waals surface area contributed by atoms with Crippen molar-refractivity contribution < 1.29 is 14.5 Å². The Morgan fingerprint density at radius 2 is 1.96 bits per heavy atom. The molecule has 0 radical (unpaired) electrons. The molecule has 0 bridgehead atoms. The van der Waals surface area contributed by atoms with E-state index >= 15 is 0 Å². The minimum atomic E-state index is -0.459. The number of thioether (sulfide) groups is 1. The first-order valence-electron chi connectivity index (χ1n) is 7.40. The van der Waals surface area contributed by atoms with E-state index < -0.39 is 4.92 Å². The third-order valence-corrected chi connectivity index (χ3v) is 4.29. The molecule has 2 rings (SSSR count). The molecule has 0 aliphatic rings. The molecule has 2 aromatic carbocycles. The Hall–Kier alpha value is -2.54.